The Morgan fingerprint density at radius 2 is 2.00 bits per heavy atom. The molecular formula is C18H18Br2N4O3. The van der Waals surface area contributed by atoms with E-state index in [9.17, 15) is 9.90 Å². The number of hydrazone groups is 1. The molecule has 3 rings (SSSR count). The second kappa shape index (κ2) is 9.41. The van der Waals surface area contributed by atoms with Crippen molar-refractivity contribution >= 4 is 44.0 Å². The van der Waals surface area contributed by atoms with Gasteiger partial charge in [-0.15, -0.1) is 0 Å². The Kier molecular flexibility index (Phi) is 6.95. The van der Waals surface area contributed by atoms with Crippen LogP contribution in [-0.4, -0.2) is 53.4 Å². The lowest BCUT2D eigenvalue weighted by Crippen LogP contribution is -2.44. The van der Waals surface area contributed by atoms with Crippen LogP contribution in [-0.2, 0) is 9.53 Å². The standard InChI is InChI=1S/C18H18Br2N4O3/c19-14-9-13(17(25)15(20)10-14)11-22-23-18(26)16(12-1-3-21-4-2-12)24-5-7-27-8-6-24/h1-4,9-11,16,25H,5-8H2,(H,23,26)/b22-11+. The van der Waals surface area contributed by atoms with Crippen LogP contribution in [0.3, 0.4) is 0 Å². The number of hydrogen-bond donors (Lipinski definition) is 2. The van der Waals surface area contributed by atoms with Crippen LogP contribution >= 0.6 is 31.9 Å². The molecule has 2 aromatic rings. The molecule has 0 bridgehead atoms. The van der Waals surface area contributed by atoms with Crippen molar-refractivity contribution in [2.45, 2.75) is 6.04 Å². The minimum atomic E-state index is -0.489. The van der Waals surface area contributed by atoms with Gasteiger partial charge in [0.05, 0.1) is 23.9 Å². The van der Waals surface area contributed by atoms with Gasteiger partial charge in [-0.3, -0.25) is 14.7 Å². The Hall–Kier alpha value is -1.81. The molecule has 0 saturated carbocycles. The summed E-state index contributed by atoms with van der Waals surface area (Å²) in [4.78, 5) is 18.9. The van der Waals surface area contributed by atoms with Gasteiger partial charge in [-0.1, -0.05) is 15.9 Å². The molecule has 2 N–H and O–H groups in total. The van der Waals surface area contributed by atoms with Crippen LogP contribution in [0.4, 0.5) is 0 Å². The van der Waals surface area contributed by atoms with Gasteiger partial charge in [0.25, 0.3) is 5.91 Å². The topological polar surface area (TPSA) is 87.0 Å². The fourth-order valence-corrected chi connectivity index (χ4v) is 4.08. The van der Waals surface area contributed by atoms with E-state index in [4.69, 9.17) is 4.74 Å². The number of ether oxygens (including phenoxy) is 1. The predicted molar refractivity (Wildman–Crippen MR) is 109 cm³/mol. The minimum absolute atomic E-state index is 0.0510. The normalized spacial score (nSPS) is 16.4. The van der Waals surface area contributed by atoms with Gasteiger partial charge in [0.15, 0.2) is 0 Å². The number of phenolic OH excluding ortho intramolecular Hbond substituents is 1. The van der Waals surface area contributed by atoms with E-state index in [2.05, 4.69) is 52.3 Å². The Bertz CT molecular complexity index is 827. The fraction of sp³-hybridized carbons (Fsp3) is 0.278. The maximum atomic E-state index is 12.8. The largest absolute Gasteiger partial charge is 0.506 e. The maximum Gasteiger partial charge on any atom is 0.262 e. The summed E-state index contributed by atoms with van der Waals surface area (Å²) < 4.78 is 6.70. The molecule has 1 saturated heterocycles. The van der Waals surface area contributed by atoms with E-state index in [1.165, 1.54) is 6.21 Å². The van der Waals surface area contributed by atoms with E-state index in [-0.39, 0.29) is 11.7 Å². The lowest BCUT2D eigenvalue weighted by Gasteiger charge is -2.33. The number of nitrogens with one attached hydrogen (secondary N) is 1. The summed E-state index contributed by atoms with van der Waals surface area (Å²) in [5.74, 6) is -0.206. The molecule has 27 heavy (non-hydrogen) atoms. The number of rotatable bonds is 5. The number of halogens is 2. The minimum Gasteiger partial charge on any atom is -0.506 e. The summed E-state index contributed by atoms with van der Waals surface area (Å²) in [6.45, 7) is 2.48. The highest BCUT2D eigenvalue weighted by Gasteiger charge is 2.28. The summed E-state index contributed by atoms with van der Waals surface area (Å²) in [5.41, 5.74) is 3.89. The summed E-state index contributed by atoms with van der Waals surface area (Å²) >= 11 is 6.63. The van der Waals surface area contributed by atoms with E-state index in [1.54, 1.807) is 24.5 Å². The number of pyridine rings is 1. The second-order valence-electron chi connectivity index (χ2n) is 5.89. The zero-order valence-corrected chi connectivity index (χ0v) is 17.5. The summed E-state index contributed by atoms with van der Waals surface area (Å²) in [7, 11) is 0. The van der Waals surface area contributed by atoms with Crippen LogP contribution in [0.25, 0.3) is 0 Å². The van der Waals surface area contributed by atoms with Crippen LogP contribution in [0, 0.1) is 0 Å². The van der Waals surface area contributed by atoms with Gasteiger partial charge in [0, 0.05) is 35.5 Å². The van der Waals surface area contributed by atoms with Crippen molar-refractivity contribution < 1.29 is 14.6 Å². The van der Waals surface area contributed by atoms with Gasteiger partial charge in [0.2, 0.25) is 0 Å². The zero-order valence-electron chi connectivity index (χ0n) is 14.3. The van der Waals surface area contributed by atoms with Gasteiger partial charge in [0.1, 0.15) is 11.8 Å². The first kappa shape index (κ1) is 19.9. The SMILES string of the molecule is O=C(N/N=C/c1cc(Br)cc(Br)c1O)C(c1ccncc1)N1CCOCC1. The number of nitrogens with zero attached hydrogens (tertiary/aromatic N) is 3. The Morgan fingerprint density at radius 3 is 2.70 bits per heavy atom. The monoisotopic (exact) mass is 496 g/mol. The van der Waals surface area contributed by atoms with E-state index in [1.807, 2.05) is 12.1 Å². The van der Waals surface area contributed by atoms with Crippen molar-refractivity contribution in [2.24, 2.45) is 5.10 Å². The van der Waals surface area contributed by atoms with Crippen LogP contribution in [0.5, 0.6) is 5.75 Å². The summed E-state index contributed by atoms with van der Waals surface area (Å²) in [6, 6.07) is 6.58. The fourth-order valence-electron chi connectivity index (χ4n) is 2.82. The lowest BCUT2D eigenvalue weighted by atomic mass is 10.1. The van der Waals surface area contributed by atoms with E-state index in [0.29, 0.717) is 36.3 Å². The quantitative estimate of drug-likeness (QED) is 0.490. The van der Waals surface area contributed by atoms with Gasteiger partial charge in [-0.05, 0) is 45.8 Å². The maximum absolute atomic E-state index is 12.8. The highest BCUT2D eigenvalue weighted by Crippen LogP contribution is 2.30. The van der Waals surface area contributed by atoms with E-state index >= 15 is 0 Å². The van der Waals surface area contributed by atoms with Gasteiger partial charge in [-0.2, -0.15) is 5.10 Å². The third kappa shape index (κ3) is 5.13. The molecule has 7 nitrogen and oxygen atoms in total. The molecule has 0 spiro atoms. The van der Waals surface area contributed by atoms with Crippen molar-refractivity contribution in [3.8, 4) is 5.75 Å². The number of phenols is 1. The number of carbonyl (C=O) groups is 1. The number of amides is 1. The predicted octanol–water partition coefficient (Wildman–Crippen LogP) is 2.84. The number of aromatic nitrogens is 1. The van der Waals surface area contributed by atoms with Crippen LogP contribution in [0.15, 0.2) is 50.7 Å². The molecule has 2 heterocycles. The van der Waals surface area contributed by atoms with E-state index in [0.717, 1.165) is 10.0 Å². The smallest absolute Gasteiger partial charge is 0.262 e. The Balaban J connectivity index is 1.77. The van der Waals surface area contributed by atoms with Gasteiger partial charge < -0.3 is 9.84 Å². The molecular weight excluding hydrogens is 480 g/mol. The summed E-state index contributed by atoms with van der Waals surface area (Å²) in [5, 5.41) is 14.1. The molecule has 0 aliphatic carbocycles. The van der Waals surface area contributed by atoms with Crippen molar-refractivity contribution in [3.63, 3.8) is 0 Å². The first-order valence-corrected chi connectivity index (χ1v) is 9.87. The number of carbonyl (C=O) groups excluding carboxylic acids is 1. The first-order chi connectivity index (χ1) is 13.1. The van der Waals surface area contributed by atoms with Crippen molar-refractivity contribution in [1.29, 1.82) is 0 Å². The molecule has 1 unspecified atom stereocenters. The van der Waals surface area contributed by atoms with Gasteiger partial charge >= 0.3 is 0 Å². The molecule has 9 heteroatoms. The molecule has 1 amide bonds. The molecule has 142 valence electrons. The van der Waals surface area contributed by atoms with E-state index < -0.39 is 6.04 Å². The van der Waals surface area contributed by atoms with Crippen molar-refractivity contribution in [1.82, 2.24) is 15.3 Å². The lowest BCUT2D eigenvalue weighted by molar-refractivity contribution is -0.128. The van der Waals surface area contributed by atoms with Gasteiger partial charge in [-0.25, -0.2) is 5.43 Å². The van der Waals surface area contributed by atoms with Crippen molar-refractivity contribution in [3.05, 3.63) is 56.7 Å². The van der Waals surface area contributed by atoms with Crippen LogP contribution in [0.1, 0.15) is 17.2 Å². The number of morpholine rings is 1. The molecule has 1 aromatic heterocycles. The molecule has 1 aromatic carbocycles. The highest BCUT2D eigenvalue weighted by atomic mass is 79.9. The zero-order chi connectivity index (χ0) is 19.2. The molecule has 1 aliphatic rings. The number of aromatic hydroxyl groups is 1. The molecule has 0 radical (unpaired) electrons. The molecule has 1 aliphatic heterocycles. The average molecular weight is 498 g/mol. The highest BCUT2D eigenvalue weighted by molar-refractivity contribution is 9.11. The first-order valence-electron chi connectivity index (χ1n) is 8.29. The number of hydrogen-bond acceptors (Lipinski definition) is 6. The summed E-state index contributed by atoms with van der Waals surface area (Å²) in [6.07, 6.45) is 4.73. The number of benzene rings is 1. The molecule has 1 atom stereocenters. The molecule has 1 fully saturated rings. The van der Waals surface area contributed by atoms with Crippen LogP contribution < -0.4 is 5.43 Å². The third-order valence-corrected chi connectivity index (χ3v) is 5.18. The Labute approximate surface area is 173 Å². The Morgan fingerprint density at radius 1 is 1.30 bits per heavy atom. The van der Waals surface area contributed by atoms with Crippen molar-refractivity contribution in [2.75, 3.05) is 26.3 Å². The average Bonchev–Trinajstić information content (AvgIpc) is 2.67. The second-order valence-corrected chi connectivity index (χ2v) is 7.66. The third-order valence-electron chi connectivity index (χ3n) is 4.12. The van der Waals surface area contributed by atoms with Crippen LogP contribution in [0.2, 0.25) is 0 Å².